The van der Waals surface area contributed by atoms with Crippen LogP contribution in [0.25, 0.3) is 0 Å². The molecule has 0 saturated heterocycles. The topological polar surface area (TPSA) is 110 Å². The first-order chi connectivity index (χ1) is 10.0. The van der Waals surface area contributed by atoms with Gasteiger partial charge in [-0.2, -0.15) is 13.2 Å². The second kappa shape index (κ2) is 8.60. The van der Waals surface area contributed by atoms with Gasteiger partial charge in [-0.05, 0) is 5.10 Å². The Morgan fingerprint density at radius 1 is 1.41 bits per heavy atom. The largest absolute Gasteiger partial charge is 0.741 e. The van der Waals surface area contributed by atoms with E-state index < -0.39 is 15.6 Å². The fourth-order valence-electron chi connectivity index (χ4n) is 0.940. The number of hydrogen-bond acceptors (Lipinski definition) is 7. The summed E-state index contributed by atoms with van der Waals surface area (Å²) in [5.41, 5.74) is -5.20. The molecule has 0 aliphatic carbocycles. The third-order valence-corrected chi connectivity index (χ3v) is 2.57. The minimum absolute atomic E-state index is 0.378. The molecule has 0 bridgehead atoms. The summed E-state index contributed by atoms with van der Waals surface area (Å²) in [6, 6.07) is 1.66. The Balaban J connectivity index is 0.000000472. The van der Waals surface area contributed by atoms with E-state index in [2.05, 4.69) is 9.84 Å². The Bertz CT molecular complexity index is 573. The van der Waals surface area contributed by atoms with Gasteiger partial charge in [-0.3, -0.25) is 0 Å². The van der Waals surface area contributed by atoms with Crippen LogP contribution in [-0.4, -0.2) is 50.4 Å². The number of hydrogen-bond donors (Lipinski definition) is 0. The van der Waals surface area contributed by atoms with Crippen LogP contribution in [0, 0.1) is 0 Å². The quantitative estimate of drug-likeness (QED) is 0.323. The number of carbonyl (C=O) groups excluding carboxylic acids is 1. The second-order valence-electron chi connectivity index (χ2n) is 3.56. The number of nitrogens with zero attached hydrogens (tertiary/aromatic N) is 2. The van der Waals surface area contributed by atoms with Gasteiger partial charge in [-0.25, -0.2) is 13.2 Å². The average Bonchev–Trinajstić information content (AvgIpc) is 2.43. The summed E-state index contributed by atoms with van der Waals surface area (Å²) < 4.78 is 70.0. The molecular weight excluding hydrogens is 333 g/mol. The van der Waals surface area contributed by atoms with Crippen molar-refractivity contribution >= 4 is 16.1 Å². The number of halogens is 3. The van der Waals surface area contributed by atoms with Gasteiger partial charge < -0.3 is 14.0 Å². The highest BCUT2D eigenvalue weighted by Crippen LogP contribution is 2.20. The predicted molar refractivity (Wildman–Crippen MR) is 63.4 cm³/mol. The molecule has 12 heteroatoms. The van der Waals surface area contributed by atoms with E-state index in [9.17, 15) is 18.0 Å². The highest BCUT2D eigenvalue weighted by molar-refractivity contribution is 7.86. The summed E-state index contributed by atoms with van der Waals surface area (Å²) in [4.78, 5) is 11.0. The minimum Gasteiger partial charge on any atom is -0.741 e. The Kier molecular flexibility index (Phi) is 7.90. The molecule has 0 saturated carbocycles. The van der Waals surface area contributed by atoms with E-state index in [1.165, 1.54) is 13.3 Å². The molecule has 0 unspecified atom stereocenters. The van der Waals surface area contributed by atoms with Crippen molar-refractivity contribution in [1.29, 1.82) is 0 Å². The monoisotopic (exact) mass is 346 g/mol. The van der Waals surface area contributed by atoms with Crippen LogP contribution < -0.4 is 4.68 Å². The lowest BCUT2D eigenvalue weighted by molar-refractivity contribution is -0.754. The molecule has 1 aromatic heterocycles. The summed E-state index contributed by atoms with van der Waals surface area (Å²) >= 11 is 0. The zero-order chi connectivity index (χ0) is 17.4. The lowest BCUT2D eigenvalue weighted by Crippen LogP contribution is -2.39. The number of aromatic nitrogens is 2. The van der Waals surface area contributed by atoms with Crippen LogP contribution in [0.3, 0.4) is 0 Å². The number of rotatable bonds is 4. The smallest absolute Gasteiger partial charge is 0.485 e. The fourth-order valence-corrected chi connectivity index (χ4v) is 0.940. The van der Waals surface area contributed by atoms with Crippen molar-refractivity contribution in [3.05, 3.63) is 24.0 Å². The third kappa shape index (κ3) is 7.28. The van der Waals surface area contributed by atoms with Gasteiger partial charge in [0.25, 0.3) is 0 Å². The summed E-state index contributed by atoms with van der Waals surface area (Å²) in [7, 11) is -3.12. The number of alkyl halides is 3. The van der Waals surface area contributed by atoms with Crippen molar-refractivity contribution in [2.45, 2.75) is 12.1 Å². The van der Waals surface area contributed by atoms with Gasteiger partial charge in [0.2, 0.25) is 0 Å². The van der Waals surface area contributed by atoms with Crippen LogP contribution >= 0.6 is 0 Å². The van der Waals surface area contributed by atoms with E-state index in [1.54, 1.807) is 24.1 Å². The zero-order valence-corrected chi connectivity index (χ0v) is 12.3. The molecule has 0 fully saturated rings. The molecule has 0 aliphatic heterocycles. The number of esters is 1. The number of methoxy groups -OCH3 is 2. The molecule has 0 amide bonds. The van der Waals surface area contributed by atoms with Crippen LogP contribution in [-0.2, 0) is 26.1 Å². The molecule has 1 rings (SSSR count). The van der Waals surface area contributed by atoms with Crippen LogP contribution in [0.1, 0.15) is 10.4 Å². The molecule has 22 heavy (non-hydrogen) atoms. The van der Waals surface area contributed by atoms with Gasteiger partial charge in [-0.15, -0.1) is 0 Å². The fraction of sp³-hybridized carbons (Fsp3) is 0.500. The standard InChI is InChI=1S/C9H13N2O3.CHF3O3S/c1-13-6-5-11-4-3-8(7-10-11)9(12)14-2;2-1(3,4)8(5,6)7/h3-4,7H,5-6H2,1-2H3;(H,5,6,7)/q+1;/p-1. The average molecular weight is 346 g/mol. The first-order valence-corrected chi connectivity index (χ1v) is 6.89. The molecule has 126 valence electrons. The Labute approximate surface area is 124 Å². The maximum absolute atomic E-state index is 11.0. The van der Waals surface area contributed by atoms with E-state index >= 15 is 0 Å². The lowest BCUT2D eigenvalue weighted by atomic mass is 10.3. The summed E-state index contributed by atoms with van der Waals surface area (Å²) in [6.45, 7) is 1.26. The van der Waals surface area contributed by atoms with E-state index in [0.717, 1.165) is 0 Å². The van der Waals surface area contributed by atoms with Gasteiger partial charge in [0.15, 0.2) is 22.9 Å². The normalized spacial score (nSPS) is 11.4. The van der Waals surface area contributed by atoms with Crippen molar-refractivity contribution in [2.24, 2.45) is 0 Å². The van der Waals surface area contributed by atoms with Crippen LogP contribution in [0.15, 0.2) is 18.5 Å². The molecular formula is C10H13F3N2O6S. The summed E-state index contributed by atoms with van der Waals surface area (Å²) in [5.74, 6) is -0.378. The first kappa shape index (κ1) is 20.2. The highest BCUT2D eigenvalue weighted by atomic mass is 32.2. The Hall–Kier alpha value is -1.79. The summed E-state index contributed by atoms with van der Waals surface area (Å²) in [6.07, 6.45) is 3.19. The minimum atomic E-state index is -6.09. The van der Waals surface area contributed by atoms with Crippen LogP contribution in [0.2, 0.25) is 0 Å². The second-order valence-corrected chi connectivity index (χ2v) is 4.93. The van der Waals surface area contributed by atoms with Gasteiger partial charge in [0.05, 0.1) is 12.7 Å². The first-order valence-electron chi connectivity index (χ1n) is 5.48. The third-order valence-electron chi connectivity index (χ3n) is 2.00. The maximum atomic E-state index is 11.0. The van der Waals surface area contributed by atoms with E-state index in [-0.39, 0.29) is 5.97 Å². The van der Waals surface area contributed by atoms with Gasteiger partial charge in [0, 0.05) is 13.2 Å². The van der Waals surface area contributed by atoms with E-state index in [0.29, 0.717) is 18.7 Å². The molecule has 8 nitrogen and oxygen atoms in total. The maximum Gasteiger partial charge on any atom is 0.485 e. The van der Waals surface area contributed by atoms with Crippen molar-refractivity contribution in [3.63, 3.8) is 0 Å². The van der Waals surface area contributed by atoms with E-state index in [4.69, 9.17) is 17.7 Å². The van der Waals surface area contributed by atoms with Gasteiger partial charge in [-0.1, -0.05) is 4.68 Å². The van der Waals surface area contributed by atoms with Crippen molar-refractivity contribution < 1.29 is 45.1 Å². The van der Waals surface area contributed by atoms with Gasteiger partial charge >= 0.3 is 11.5 Å². The van der Waals surface area contributed by atoms with Crippen LogP contribution in [0.4, 0.5) is 13.2 Å². The van der Waals surface area contributed by atoms with Crippen molar-refractivity contribution in [1.82, 2.24) is 5.10 Å². The Morgan fingerprint density at radius 2 is 1.95 bits per heavy atom. The molecule has 1 heterocycles. The predicted octanol–water partition coefficient (Wildman–Crippen LogP) is -0.147. The van der Waals surface area contributed by atoms with Crippen LogP contribution in [0.5, 0.6) is 0 Å². The molecule has 0 radical (unpaired) electrons. The highest BCUT2D eigenvalue weighted by Gasteiger charge is 2.36. The molecule has 0 aromatic carbocycles. The number of ether oxygens (including phenoxy) is 2. The van der Waals surface area contributed by atoms with Gasteiger partial charge in [0.1, 0.15) is 12.8 Å². The summed E-state index contributed by atoms with van der Waals surface area (Å²) in [5, 5.41) is 4.02. The van der Waals surface area contributed by atoms with Crippen molar-refractivity contribution in [2.75, 3.05) is 20.8 Å². The lowest BCUT2D eigenvalue weighted by Gasteiger charge is -2.08. The molecule has 0 spiro atoms. The number of carbonyl (C=O) groups is 1. The van der Waals surface area contributed by atoms with Crippen molar-refractivity contribution in [3.8, 4) is 0 Å². The molecule has 0 N–H and O–H groups in total. The molecule has 0 atom stereocenters. The Morgan fingerprint density at radius 3 is 2.27 bits per heavy atom. The molecule has 1 aromatic rings. The zero-order valence-electron chi connectivity index (χ0n) is 11.5. The molecule has 0 aliphatic rings. The SMILES string of the molecule is COCC[n+]1ccc(C(=O)OC)cn1.O=S(=O)([O-])C(F)(F)F. The van der Waals surface area contributed by atoms with E-state index in [1.807, 2.05) is 0 Å².